The molecule has 1 rings (SSSR count). The van der Waals surface area contributed by atoms with Crippen LogP contribution in [-0.4, -0.2) is 5.11 Å². The van der Waals surface area contributed by atoms with Crippen molar-refractivity contribution in [2.45, 2.75) is 53.4 Å². The van der Waals surface area contributed by atoms with Crippen LogP contribution in [0.4, 0.5) is 0 Å². The molecular weight excluding hydrogens is 196 g/mol. The lowest BCUT2D eigenvalue weighted by Gasteiger charge is -2.31. The Morgan fingerprint density at radius 3 is 2.69 bits per heavy atom. The molecule has 0 aromatic carbocycles. The van der Waals surface area contributed by atoms with Crippen molar-refractivity contribution in [2.75, 3.05) is 0 Å². The Labute approximate surface area is 100 Å². The molecule has 1 aliphatic rings. The van der Waals surface area contributed by atoms with Gasteiger partial charge in [-0.05, 0) is 63.4 Å². The van der Waals surface area contributed by atoms with E-state index < -0.39 is 0 Å². The lowest BCUT2D eigenvalue weighted by molar-refractivity contribution is 0.234. The molecule has 92 valence electrons. The molecule has 0 saturated carbocycles. The summed E-state index contributed by atoms with van der Waals surface area (Å²) in [6.07, 6.45) is 9.22. The van der Waals surface area contributed by atoms with Gasteiger partial charge in [-0.3, -0.25) is 0 Å². The van der Waals surface area contributed by atoms with Crippen LogP contribution in [-0.2, 0) is 0 Å². The minimum Gasteiger partial charge on any atom is -0.513 e. The fraction of sp³-hybridized carbons (Fsp3) is 0.733. The zero-order chi connectivity index (χ0) is 12.1. The van der Waals surface area contributed by atoms with E-state index >= 15 is 0 Å². The predicted octanol–water partition coefficient (Wildman–Crippen LogP) is 4.86. The molecule has 16 heavy (non-hydrogen) atoms. The van der Waals surface area contributed by atoms with E-state index in [1.165, 1.54) is 19.3 Å². The summed E-state index contributed by atoms with van der Waals surface area (Å²) < 4.78 is 0. The number of rotatable bonds is 4. The normalized spacial score (nSPS) is 24.4. The lowest BCUT2D eigenvalue weighted by atomic mass is 9.74. The Kier molecular flexibility index (Phi) is 5.11. The third-order valence-corrected chi connectivity index (χ3v) is 3.83. The number of allylic oxidation sites excluding steroid dienone is 4. The van der Waals surface area contributed by atoms with Crippen molar-refractivity contribution in [3.63, 3.8) is 0 Å². The lowest BCUT2D eigenvalue weighted by Crippen LogP contribution is -2.21. The maximum atomic E-state index is 9.27. The van der Waals surface area contributed by atoms with E-state index in [0.717, 1.165) is 12.3 Å². The Morgan fingerprint density at radius 1 is 1.56 bits per heavy atom. The molecule has 1 aliphatic carbocycles. The van der Waals surface area contributed by atoms with E-state index in [4.69, 9.17) is 0 Å². The maximum absolute atomic E-state index is 9.27. The second kappa shape index (κ2) is 6.12. The van der Waals surface area contributed by atoms with Gasteiger partial charge in [0.05, 0.1) is 5.76 Å². The van der Waals surface area contributed by atoms with Crippen molar-refractivity contribution in [1.29, 1.82) is 0 Å². The molecule has 0 amide bonds. The number of hydrogen-bond acceptors (Lipinski definition) is 1. The molecular formula is C15H26O. The minimum absolute atomic E-state index is 0.466. The van der Waals surface area contributed by atoms with Gasteiger partial charge < -0.3 is 5.11 Å². The van der Waals surface area contributed by atoms with Gasteiger partial charge in [0.1, 0.15) is 0 Å². The average Bonchev–Trinajstić information content (AvgIpc) is 2.20. The fourth-order valence-electron chi connectivity index (χ4n) is 2.69. The van der Waals surface area contributed by atoms with Crippen molar-refractivity contribution in [3.8, 4) is 0 Å². The highest BCUT2D eigenvalue weighted by atomic mass is 16.3. The summed E-state index contributed by atoms with van der Waals surface area (Å²) in [6.45, 7) is 8.60. The predicted molar refractivity (Wildman–Crippen MR) is 70.4 cm³/mol. The summed E-state index contributed by atoms with van der Waals surface area (Å²) >= 11 is 0. The van der Waals surface area contributed by atoms with Gasteiger partial charge in [0.15, 0.2) is 0 Å². The Hall–Kier alpha value is -0.720. The SMILES string of the molecule is CC(O)=CCC(C(C)C)C1CC=C(C)CC1. The highest BCUT2D eigenvalue weighted by Gasteiger charge is 2.24. The first-order chi connectivity index (χ1) is 7.50. The number of hydrogen-bond donors (Lipinski definition) is 1. The van der Waals surface area contributed by atoms with Crippen LogP contribution in [0.3, 0.4) is 0 Å². The van der Waals surface area contributed by atoms with Crippen LogP contribution in [0.1, 0.15) is 53.4 Å². The quantitative estimate of drug-likeness (QED) is 0.532. The molecule has 0 radical (unpaired) electrons. The van der Waals surface area contributed by atoms with Gasteiger partial charge >= 0.3 is 0 Å². The Bertz CT molecular complexity index is 269. The molecule has 1 heteroatoms. The maximum Gasteiger partial charge on any atom is 0.0852 e. The van der Waals surface area contributed by atoms with Gasteiger partial charge in [-0.25, -0.2) is 0 Å². The van der Waals surface area contributed by atoms with E-state index in [1.807, 2.05) is 6.08 Å². The van der Waals surface area contributed by atoms with Gasteiger partial charge in [-0.2, -0.15) is 0 Å². The molecule has 2 unspecified atom stereocenters. The van der Waals surface area contributed by atoms with Gasteiger partial charge in [0.25, 0.3) is 0 Å². The van der Waals surface area contributed by atoms with Crippen LogP contribution in [0, 0.1) is 17.8 Å². The molecule has 0 aromatic heterocycles. The summed E-state index contributed by atoms with van der Waals surface area (Å²) in [5, 5.41) is 9.27. The standard InChI is InChI=1S/C15H26O/c1-11(2)15(10-7-13(4)16)14-8-5-12(3)6-9-14/h5,7,11,14-16H,6,8-10H2,1-4H3. The second-order valence-corrected chi connectivity index (χ2v) is 5.57. The first-order valence-corrected chi connectivity index (χ1v) is 6.52. The van der Waals surface area contributed by atoms with Crippen molar-refractivity contribution in [1.82, 2.24) is 0 Å². The Balaban J connectivity index is 2.60. The molecule has 2 atom stereocenters. The van der Waals surface area contributed by atoms with Crippen LogP contribution in [0.25, 0.3) is 0 Å². The fourth-order valence-corrected chi connectivity index (χ4v) is 2.69. The summed E-state index contributed by atoms with van der Waals surface area (Å²) in [5.41, 5.74) is 1.55. The monoisotopic (exact) mass is 222 g/mol. The third kappa shape index (κ3) is 4.03. The number of aliphatic hydroxyl groups excluding tert-OH is 1. The molecule has 0 heterocycles. The van der Waals surface area contributed by atoms with Crippen LogP contribution in [0.15, 0.2) is 23.5 Å². The molecule has 0 bridgehead atoms. The van der Waals surface area contributed by atoms with Gasteiger partial charge in [0, 0.05) is 0 Å². The summed E-state index contributed by atoms with van der Waals surface area (Å²) in [6, 6.07) is 0. The Morgan fingerprint density at radius 2 is 2.25 bits per heavy atom. The van der Waals surface area contributed by atoms with E-state index in [0.29, 0.717) is 17.6 Å². The van der Waals surface area contributed by atoms with E-state index in [9.17, 15) is 5.11 Å². The molecule has 1 nitrogen and oxygen atoms in total. The number of aliphatic hydroxyl groups is 1. The molecule has 0 fully saturated rings. The first-order valence-electron chi connectivity index (χ1n) is 6.52. The van der Waals surface area contributed by atoms with Crippen molar-refractivity contribution >= 4 is 0 Å². The van der Waals surface area contributed by atoms with Crippen LogP contribution >= 0.6 is 0 Å². The zero-order valence-corrected chi connectivity index (χ0v) is 11.2. The molecule has 0 saturated heterocycles. The van der Waals surface area contributed by atoms with Crippen LogP contribution in [0.2, 0.25) is 0 Å². The smallest absolute Gasteiger partial charge is 0.0852 e. The highest BCUT2D eigenvalue weighted by Crippen LogP contribution is 2.35. The molecule has 1 N–H and O–H groups in total. The van der Waals surface area contributed by atoms with Gasteiger partial charge in [-0.15, -0.1) is 0 Å². The zero-order valence-electron chi connectivity index (χ0n) is 11.2. The van der Waals surface area contributed by atoms with Crippen molar-refractivity contribution < 1.29 is 5.11 Å². The second-order valence-electron chi connectivity index (χ2n) is 5.57. The van der Waals surface area contributed by atoms with Crippen molar-refractivity contribution in [2.24, 2.45) is 17.8 Å². The van der Waals surface area contributed by atoms with E-state index in [-0.39, 0.29) is 0 Å². The van der Waals surface area contributed by atoms with Gasteiger partial charge in [-0.1, -0.05) is 25.5 Å². The summed E-state index contributed by atoms with van der Waals surface area (Å²) in [5.74, 6) is 2.69. The minimum atomic E-state index is 0.466. The third-order valence-electron chi connectivity index (χ3n) is 3.83. The summed E-state index contributed by atoms with van der Waals surface area (Å²) in [7, 11) is 0. The molecule has 0 spiro atoms. The van der Waals surface area contributed by atoms with Crippen molar-refractivity contribution in [3.05, 3.63) is 23.5 Å². The summed E-state index contributed by atoms with van der Waals surface area (Å²) in [4.78, 5) is 0. The first kappa shape index (κ1) is 13.3. The molecule has 0 aliphatic heterocycles. The van der Waals surface area contributed by atoms with Gasteiger partial charge in [0.2, 0.25) is 0 Å². The topological polar surface area (TPSA) is 20.2 Å². The van der Waals surface area contributed by atoms with Crippen LogP contribution < -0.4 is 0 Å². The van der Waals surface area contributed by atoms with Crippen LogP contribution in [0.5, 0.6) is 0 Å². The highest BCUT2D eigenvalue weighted by molar-refractivity contribution is 5.04. The van der Waals surface area contributed by atoms with E-state index in [1.54, 1.807) is 12.5 Å². The van der Waals surface area contributed by atoms with E-state index in [2.05, 4.69) is 26.8 Å². The largest absolute Gasteiger partial charge is 0.513 e. The molecule has 0 aromatic rings. The average molecular weight is 222 g/mol.